The zero-order chi connectivity index (χ0) is 13.8. The Bertz CT molecular complexity index is 385. The molecule has 0 atom stereocenters. The van der Waals surface area contributed by atoms with Gasteiger partial charge in [0.2, 0.25) is 0 Å². The minimum absolute atomic E-state index is 0. The fraction of sp³-hybridized carbons (Fsp3) is 0.167. The van der Waals surface area contributed by atoms with Crippen LogP contribution < -0.4 is 11.1 Å². The van der Waals surface area contributed by atoms with Crippen LogP contribution in [0.5, 0.6) is 0 Å². The number of amides is 1. The molecule has 0 radical (unpaired) electrons. The Hall–Kier alpha value is -1.24. The maximum atomic E-state index is 9.09. The molecule has 1 amide bonds. The summed E-state index contributed by atoms with van der Waals surface area (Å²) < 4.78 is 5.30. The van der Waals surface area contributed by atoms with Crippen LogP contribution in [0.15, 0.2) is 43.0 Å². The Balaban J connectivity index is 0. The van der Waals surface area contributed by atoms with E-state index >= 15 is 0 Å². The Morgan fingerprint density at radius 1 is 1.47 bits per heavy atom. The number of primary amides is 1. The van der Waals surface area contributed by atoms with Crippen molar-refractivity contribution in [1.82, 2.24) is 5.32 Å². The summed E-state index contributed by atoms with van der Waals surface area (Å²) in [5.41, 5.74) is 5.44. The van der Waals surface area contributed by atoms with E-state index in [0.717, 1.165) is 5.56 Å². The number of rotatable bonds is 4. The molecule has 19 heavy (non-hydrogen) atoms. The Labute approximate surface area is 130 Å². The predicted molar refractivity (Wildman–Crippen MR) is 87.8 cm³/mol. The summed E-state index contributed by atoms with van der Waals surface area (Å²) in [4.78, 5) is 9.09. The van der Waals surface area contributed by atoms with Crippen molar-refractivity contribution in [3.05, 3.63) is 48.6 Å². The van der Waals surface area contributed by atoms with Gasteiger partial charge in [-0.25, -0.2) is 0 Å². The lowest BCUT2D eigenvalue weighted by Crippen LogP contribution is -2.23. The minimum Gasteiger partial charge on any atom is -0.466 e. The van der Waals surface area contributed by atoms with Gasteiger partial charge in [0.1, 0.15) is 6.61 Å². The minimum atomic E-state index is -0.639. The van der Waals surface area contributed by atoms with Gasteiger partial charge in [0.25, 0.3) is 10.4 Å². The quantitative estimate of drug-likeness (QED) is 0.453. The number of hydrogen-bond donors (Lipinski definition) is 3. The van der Waals surface area contributed by atoms with Gasteiger partial charge in [-0.2, -0.15) is 0 Å². The number of benzene rings is 1. The molecular formula is C12H17ClN2O2S2. The van der Waals surface area contributed by atoms with Gasteiger partial charge in [0, 0.05) is 6.54 Å². The largest absolute Gasteiger partial charge is 0.466 e. The zero-order valence-electron chi connectivity index (χ0n) is 10.2. The van der Waals surface area contributed by atoms with Crippen molar-refractivity contribution >= 4 is 47.7 Å². The normalized spacial score (nSPS) is 8.05. The molecule has 3 N–H and O–H groups in total. The molecule has 0 aromatic heterocycles. The molecule has 106 valence electrons. The molecule has 1 aromatic rings. The molecule has 0 fully saturated rings. The van der Waals surface area contributed by atoms with Gasteiger partial charge in [0.15, 0.2) is 0 Å². The fourth-order valence-electron chi connectivity index (χ4n) is 0.930. The maximum absolute atomic E-state index is 9.09. The number of halogens is 1. The average molecular weight is 321 g/mol. The summed E-state index contributed by atoms with van der Waals surface area (Å²) in [6, 6.07) is 9.90. The summed E-state index contributed by atoms with van der Waals surface area (Å²) in [5.74, 6) is 0. The van der Waals surface area contributed by atoms with E-state index in [1.807, 2.05) is 30.3 Å². The highest BCUT2D eigenvalue weighted by Gasteiger charge is 1.95. The molecule has 0 heterocycles. The number of hydrogen-bond acceptors (Lipinski definition) is 3. The lowest BCUT2D eigenvalue weighted by Gasteiger charge is -2.07. The van der Waals surface area contributed by atoms with E-state index < -0.39 is 5.24 Å². The van der Waals surface area contributed by atoms with Crippen LogP contribution in [-0.4, -0.2) is 17.0 Å². The number of nitrogens with one attached hydrogen (secondary N) is 1. The van der Waals surface area contributed by atoms with E-state index in [9.17, 15) is 0 Å². The summed E-state index contributed by atoms with van der Waals surface area (Å²) in [6.07, 6.45) is 1.73. The van der Waals surface area contributed by atoms with Gasteiger partial charge in [-0.3, -0.25) is 4.79 Å². The number of carbonyl (C=O) groups excluding carboxylic acids is 1. The van der Waals surface area contributed by atoms with Crippen molar-refractivity contribution in [2.75, 3.05) is 6.54 Å². The van der Waals surface area contributed by atoms with Crippen molar-refractivity contribution < 1.29 is 9.53 Å². The first-order valence-corrected chi connectivity index (χ1v) is 5.95. The second kappa shape index (κ2) is 13.2. The molecule has 7 heteroatoms. The zero-order valence-corrected chi connectivity index (χ0v) is 12.8. The van der Waals surface area contributed by atoms with E-state index in [2.05, 4.69) is 30.3 Å². The van der Waals surface area contributed by atoms with Crippen LogP contribution in [0.4, 0.5) is 4.79 Å². The first kappa shape index (κ1) is 20.1. The van der Waals surface area contributed by atoms with Crippen LogP contribution in [0.3, 0.4) is 0 Å². The average Bonchev–Trinajstić information content (AvgIpc) is 2.34. The van der Waals surface area contributed by atoms with Crippen molar-refractivity contribution in [2.24, 2.45) is 5.73 Å². The summed E-state index contributed by atoms with van der Waals surface area (Å²) in [7, 11) is 0. The summed E-state index contributed by atoms with van der Waals surface area (Å²) >= 11 is 8.04. The second-order valence-corrected chi connectivity index (χ2v) is 3.88. The van der Waals surface area contributed by atoms with Crippen molar-refractivity contribution in [3.8, 4) is 0 Å². The van der Waals surface area contributed by atoms with Gasteiger partial charge in [-0.1, -0.05) is 49.0 Å². The highest BCUT2D eigenvalue weighted by atomic mass is 35.5. The highest BCUT2D eigenvalue weighted by molar-refractivity contribution is 7.96. The number of carbonyl (C=O) groups is 1. The van der Waals surface area contributed by atoms with E-state index in [4.69, 9.17) is 21.7 Å². The maximum Gasteiger partial charge on any atom is 0.273 e. The molecule has 0 aliphatic rings. The highest BCUT2D eigenvalue weighted by Crippen LogP contribution is 2.00. The lowest BCUT2D eigenvalue weighted by atomic mass is 10.2. The Kier molecular flexibility index (Phi) is 14.0. The first-order valence-electron chi connectivity index (χ1n) is 5.10. The molecule has 0 saturated heterocycles. The number of thiocarbonyl (C=S) groups is 1. The van der Waals surface area contributed by atoms with Crippen LogP contribution in [0.25, 0.3) is 0 Å². The van der Waals surface area contributed by atoms with Crippen LogP contribution in [0.1, 0.15) is 5.56 Å². The number of ether oxygens (including phenoxy) is 1. The fourth-order valence-corrected chi connectivity index (χ4v) is 1.07. The summed E-state index contributed by atoms with van der Waals surface area (Å²) in [5, 5.41) is 2.67. The SMILES string of the molecule is C=CCNC(=S)OCc1ccccc1.Cl.NC(=O)S. The molecule has 1 rings (SSSR count). The van der Waals surface area contributed by atoms with Gasteiger partial charge < -0.3 is 15.8 Å². The lowest BCUT2D eigenvalue weighted by molar-refractivity contribution is 0.267. The molecule has 0 unspecified atom stereocenters. The number of nitrogens with two attached hydrogens (primary N) is 1. The molecule has 0 aliphatic carbocycles. The molecule has 0 saturated carbocycles. The van der Waals surface area contributed by atoms with Gasteiger partial charge in [0.05, 0.1) is 0 Å². The van der Waals surface area contributed by atoms with E-state index in [0.29, 0.717) is 18.3 Å². The number of thiol groups is 1. The molecule has 0 aliphatic heterocycles. The van der Waals surface area contributed by atoms with Crippen LogP contribution >= 0.6 is 37.3 Å². The third-order valence-electron chi connectivity index (χ3n) is 1.60. The second-order valence-electron chi connectivity index (χ2n) is 3.07. The van der Waals surface area contributed by atoms with Gasteiger partial charge in [-0.05, 0) is 17.8 Å². The van der Waals surface area contributed by atoms with Crippen LogP contribution in [0, 0.1) is 0 Å². The third-order valence-corrected chi connectivity index (χ3v) is 1.87. The molecular weight excluding hydrogens is 304 g/mol. The first-order chi connectivity index (χ1) is 8.56. The Morgan fingerprint density at radius 3 is 2.47 bits per heavy atom. The molecule has 4 nitrogen and oxygen atoms in total. The van der Waals surface area contributed by atoms with E-state index in [1.54, 1.807) is 6.08 Å². The predicted octanol–water partition coefficient (Wildman–Crippen LogP) is 2.68. The van der Waals surface area contributed by atoms with Crippen molar-refractivity contribution in [3.63, 3.8) is 0 Å². The third kappa shape index (κ3) is 14.7. The van der Waals surface area contributed by atoms with Crippen molar-refractivity contribution in [1.29, 1.82) is 0 Å². The monoisotopic (exact) mass is 320 g/mol. The topological polar surface area (TPSA) is 64.3 Å². The molecule has 0 bridgehead atoms. The molecule has 0 spiro atoms. The van der Waals surface area contributed by atoms with Crippen LogP contribution in [-0.2, 0) is 11.3 Å². The van der Waals surface area contributed by atoms with Crippen LogP contribution in [0.2, 0.25) is 0 Å². The van der Waals surface area contributed by atoms with Gasteiger partial charge in [-0.15, -0.1) is 19.0 Å². The van der Waals surface area contributed by atoms with E-state index in [1.165, 1.54) is 0 Å². The molecule has 1 aromatic carbocycles. The van der Waals surface area contributed by atoms with Gasteiger partial charge >= 0.3 is 0 Å². The standard InChI is InChI=1S/C11H13NOS.CH3NOS.ClH/c1-2-8-12-11(14)13-9-10-6-4-3-5-7-10;2-1(3)4;/h2-7H,1,8-9H2,(H,12,14);(H3,2,3,4);1H. The Morgan fingerprint density at radius 2 is 2.00 bits per heavy atom. The van der Waals surface area contributed by atoms with Crippen molar-refractivity contribution in [2.45, 2.75) is 6.61 Å². The summed E-state index contributed by atoms with van der Waals surface area (Å²) in [6.45, 7) is 4.71. The van der Waals surface area contributed by atoms with E-state index in [-0.39, 0.29) is 12.4 Å². The smallest absolute Gasteiger partial charge is 0.273 e.